The Bertz CT molecular complexity index is 349. The molecule has 1 heterocycles. The number of aryl methyl sites for hydroxylation is 1. The zero-order valence-electron chi connectivity index (χ0n) is 9.33. The lowest BCUT2D eigenvalue weighted by molar-refractivity contribution is -0.137. The number of aromatic nitrogens is 1. The number of pyridine rings is 1. The average Bonchev–Trinajstić information content (AvgIpc) is 2.26. The van der Waals surface area contributed by atoms with E-state index in [0.717, 1.165) is 5.56 Å². The van der Waals surface area contributed by atoms with Crippen molar-refractivity contribution < 1.29 is 18.0 Å². The molecular weight excluding hydrogens is 231 g/mol. The van der Waals surface area contributed by atoms with Crippen LogP contribution in [0.1, 0.15) is 31.2 Å². The van der Waals surface area contributed by atoms with Gasteiger partial charge in [-0.1, -0.05) is 6.07 Å². The summed E-state index contributed by atoms with van der Waals surface area (Å²) in [7, 11) is 0. The second-order valence-corrected chi connectivity index (χ2v) is 3.87. The van der Waals surface area contributed by atoms with Gasteiger partial charge in [0.2, 0.25) is 0 Å². The molecule has 0 bridgehead atoms. The highest BCUT2D eigenvalue weighted by Crippen LogP contribution is 2.22. The van der Waals surface area contributed by atoms with Crippen LogP contribution in [0, 0.1) is 0 Å². The Kier molecular flexibility index (Phi) is 5.12. The van der Waals surface area contributed by atoms with E-state index in [1.807, 2.05) is 6.07 Å². The number of hydrogen-bond donors (Lipinski definition) is 0. The average molecular weight is 245 g/mol. The molecule has 0 spiro atoms. The molecule has 0 aliphatic heterocycles. The van der Waals surface area contributed by atoms with E-state index in [1.54, 1.807) is 18.5 Å². The van der Waals surface area contributed by atoms with E-state index in [1.165, 1.54) is 0 Å². The van der Waals surface area contributed by atoms with E-state index in [0.29, 0.717) is 6.42 Å². The molecule has 5 heteroatoms. The number of rotatable bonds is 6. The number of halogens is 3. The Morgan fingerprint density at radius 2 is 2.06 bits per heavy atom. The second kappa shape index (κ2) is 6.37. The Hall–Kier alpha value is -1.39. The molecule has 0 fully saturated rings. The molecule has 0 unspecified atom stereocenters. The minimum Gasteiger partial charge on any atom is -0.300 e. The predicted octanol–water partition coefficient (Wildman–Crippen LogP) is 3.32. The number of Topliss-reactive ketones (excluding diaryl/α,β-unsaturated/α-hetero) is 1. The number of carbonyl (C=O) groups excluding carboxylic acids is 1. The summed E-state index contributed by atoms with van der Waals surface area (Å²) in [6, 6.07) is 3.61. The molecule has 0 radical (unpaired) electrons. The fourth-order valence-electron chi connectivity index (χ4n) is 1.44. The van der Waals surface area contributed by atoms with Crippen molar-refractivity contribution in [3.05, 3.63) is 30.1 Å². The fourth-order valence-corrected chi connectivity index (χ4v) is 1.44. The first-order chi connectivity index (χ1) is 7.97. The van der Waals surface area contributed by atoms with Crippen LogP contribution in [0.2, 0.25) is 0 Å². The summed E-state index contributed by atoms with van der Waals surface area (Å²) in [5.41, 5.74) is 0.927. The molecule has 2 nitrogen and oxygen atoms in total. The maximum atomic E-state index is 11.8. The molecule has 0 atom stereocenters. The van der Waals surface area contributed by atoms with Gasteiger partial charge < -0.3 is 0 Å². The molecule has 1 rings (SSSR count). The third-order valence-corrected chi connectivity index (χ3v) is 2.33. The highest BCUT2D eigenvalue weighted by molar-refractivity contribution is 5.78. The smallest absolute Gasteiger partial charge is 0.300 e. The van der Waals surface area contributed by atoms with Crippen molar-refractivity contribution in [1.29, 1.82) is 0 Å². The van der Waals surface area contributed by atoms with Crippen LogP contribution < -0.4 is 0 Å². The molecule has 0 N–H and O–H groups in total. The lowest BCUT2D eigenvalue weighted by Gasteiger charge is -2.05. The van der Waals surface area contributed by atoms with Gasteiger partial charge in [-0.15, -0.1) is 0 Å². The summed E-state index contributed by atoms with van der Waals surface area (Å²) in [5, 5.41) is 0. The number of alkyl halides is 3. The summed E-state index contributed by atoms with van der Waals surface area (Å²) >= 11 is 0. The van der Waals surface area contributed by atoms with Crippen LogP contribution in [0.25, 0.3) is 0 Å². The van der Waals surface area contributed by atoms with E-state index in [4.69, 9.17) is 0 Å². The van der Waals surface area contributed by atoms with Gasteiger partial charge in [0.15, 0.2) is 0 Å². The number of hydrogen-bond acceptors (Lipinski definition) is 2. The normalized spacial score (nSPS) is 11.5. The largest absolute Gasteiger partial charge is 0.389 e. The van der Waals surface area contributed by atoms with Gasteiger partial charge in [-0.05, 0) is 24.5 Å². The standard InChI is InChI=1S/C12H14F3NO/c13-12(14,15)7-1-4-11(17)6-5-10-3-2-8-16-9-10/h2-3,8-9H,1,4-7H2. The molecule has 94 valence electrons. The van der Waals surface area contributed by atoms with Gasteiger partial charge >= 0.3 is 6.18 Å². The molecule has 1 aromatic rings. The Labute approximate surface area is 97.9 Å². The van der Waals surface area contributed by atoms with Gasteiger partial charge in [0.05, 0.1) is 0 Å². The highest BCUT2D eigenvalue weighted by atomic mass is 19.4. The lowest BCUT2D eigenvalue weighted by Crippen LogP contribution is -2.08. The molecule has 0 saturated carbocycles. The first-order valence-corrected chi connectivity index (χ1v) is 5.45. The highest BCUT2D eigenvalue weighted by Gasteiger charge is 2.26. The van der Waals surface area contributed by atoms with Crippen LogP contribution in [0.15, 0.2) is 24.5 Å². The van der Waals surface area contributed by atoms with Crippen molar-refractivity contribution >= 4 is 5.78 Å². The van der Waals surface area contributed by atoms with Crippen molar-refractivity contribution in [1.82, 2.24) is 4.98 Å². The van der Waals surface area contributed by atoms with Gasteiger partial charge in [-0.25, -0.2) is 0 Å². The van der Waals surface area contributed by atoms with E-state index >= 15 is 0 Å². The third-order valence-electron chi connectivity index (χ3n) is 2.33. The third kappa shape index (κ3) is 6.71. The number of nitrogens with zero attached hydrogens (tertiary/aromatic N) is 1. The zero-order valence-corrected chi connectivity index (χ0v) is 9.33. The maximum absolute atomic E-state index is 11.8. The predicted molar refractivity (Wildman–Crippen MR) is 57.5 cm³/mol. The van der Waals surface area contributed by atoms with Gasteiger partial charge in [-0.2, -0.15) is 13.2 Å². The minimum atomic E-state index is -4.16. The van der Waals surface area contributed by atoms with Crippen molar-refractivity contribution in [2.45, 2.75) is 38.3 Å². The molecule has 0 amide bonds. The Morgan fingerprint density at radius 1 is 1.29 bits per heavy atom. The Morgan fingerprint density at radius 3 is 2.65 bits per heavy atom. The summed E-state index contributed by atoms with van der Waals surface area (Å²) in [5.74, 6) is -0.127. The van der Waals surface area contributed by atoms with Gasteiger partial charge in [0.1, 0.15) is 5.78 Å². The summed E-state index contributed by atoms with van der Waals surface area (Å²) in [4.78, 5) is 15.2. The topological polar surface area (TPSA) is 30.0 Å². The molecule has 0 aliphatic rings. The van der Waals surface area contributed by atoms with Crippen LogP contribution in [0.4, 0.5) is 13.2 Å². The van der Waals surface area contributed by atoms with E-state index in [-0.39, 0.29) is 25.0 Å². The monoisotopic (exact) mass is 245 g/mol. The molecule has 0 aliphatic carbocycles. The SMILES string of the molecule is O=C(CCCC(F)(F)F)CCc1cccnc1. The maximum Gasteiger partial charge on any atom is 0.389 e. The zero-order chi connectivity index (χ0) is 12.7. The van der Waals surface area contributed by atoms with Crippen LogP contribution >= 0.6 is 0 Å². The van der Waals surface area contributed by atoms with Crippen molar-refractivity contribution in [3.8, 4) is 0 Å². The number of carbonyl (C=O) groups is 1. The van der Waals surface area contributed by atoms with E-state index < -0.39 is 12.6 Å². The van der Waals surface area contributed by atoms with Crippen molar-refractivity contribution in [3.63, 3.8) is 0 Å². The molecular formula is C12H14F3NO. The first-order valence-electron chi connectivity index (χ1n) is 5.45. The van der Waals surface area contributed by atoms with Gasteiger partial charge in [0, 0.05) is 31.7 Å². The van der Waals surface area contributed by atoms with Crippen LogP contribution in [0.5, 0.6) is 0 Å². The summed E-state index contributed by atoms with van der Waals surface area (Å²) < 4.78 is 35.5. The van der Waals surface area contributed by atoms with E-state index in [2.05, 4.69) is 4.98 Å². The van der Waals surface area contributed by atoms with Crippen LogP contribution in [-0.4, -0.2) is 16.9 Å². The quantitative estimate of drug-likeness (QED) is 0.769. The second-order valence-electron chi connectivity index (χ2n) is 3.87. The molecule has 0 saturated heterocycles. The Balaban J connectivity index is 2.18. The van der Waals surface area contributed by atoms with Crippen molar-refractivity contribution in [2.75, 3.05) is 0 Å². The van der Waals surface area contributed by atoms with E-state index in [9.17, 15) is 18.0 Å². The molecule has 17 heavy (non-hydrogen) atoms. The lowest BCUT2D eigenvalue weighted by atomic mass is 10.1. The first kappa shape index (κ1) is 13.7. The van der Waals surface area contributed by atoms with Crippen LogP contribution in [-0.2, 0) is 11.2 Å². The molecule has 1 aromatic heterocycles. The molecule has 0 aromatic carbocycles. The fraction of sp³-hybridized carbons (Fsp3) is 0.500. The minimum absolute atomic E-state index is 0.000226. The van der Waals surface area contributed by atoms with Crippen molar-refractivity contribution in [2.24, 2.45) is 0 Å². The summed E-state index contributed by atoms with van der Waals surface area (Å²) in [6.45, 7) is 0. The number of ketones is 1. The van der Waals surface area contributed by atoms with Gasteiger partial charge in [-0.3, -0.25) is 9.78 Å². The summed E-state index contributed by atoms with van der Waals surface area (Å²) in [6.07, 6.45) is -1.05. The van der Waals surface area contributed by atoms with Crippen LogP contribution in [0.3, 0.4) is 0 Å². The van der Waals surface area contributed by atoms with Gasteiger partial charge in [0.25, 0.3) is 0 Å².